The van der Waals surface area contributed by atoms with Gasteiger partial charge in [0, 0.05) is 19.6 Å². The fourth-order valence-corrected chi connectivity index (χ4v) is 2.66. The van der Waals surface area contributed by atoms with Crippen molar-refractivity contribution in [3.8, 4) is 0 Å². The molecule has 0 aliphatic rings. The van der Waals surface area contributed by atoms with E-state index in [0.717, 1.165) is 23.1 Å². The lowest BCUT2D eigenvalue weighted by molar-refractivity contribution is 0.525. The Morgan fingerprint density at radius 3 is 2.58 bits per heavy atom. The van der Waals surface area contributed by atoms with Crippen LogP contribution in [0.25, 0.3) is 0 Å². The van der Waals surface area contributed by atoms with Crippen LogP contribution in [0.2, 0.25) is 0 Å². The molecule has 0 fully saturated rings. The first-order chi connectivity index (χ1) is 9.08. The van der Waals surface area contributed by atoms with Gasteiger partial charge in [-0.3, -0.25) is 4.68 Å². The Bertz CT molecular complexity index is 534. The van der Waals surface area contributed by atoms with Crippen LogP contribution in [0.4, 0.5) is 0 Å². The first kappa shape index (κ1) is 14.3. The van der Waals surface area contributed by atoms with Crippen LogP contribution in [-0.4, -0.2) is 15.8 Å². The molecule has 0 radical (unpaired) electrons. The molecule has 19 heavy (non-hydrogen) atoms. The number of nitrogens with zero attached hydrogens (tertiary/aromatic N) is 2. The molecule has 2 aromatic rings. The zero-order valence-corrected chi connectivity index (χ0v) is 13.2. The number of aromatic nitrogens is 2. The maximum atomic E-state index is 4.40. The Morgan fingerprint density at radius 2 is 2.00 bits per heavy atom. The van der Waals surface area contributed by atoms with E-state index >= 15 is 0 Å². The first-order valence-corrected chi connectivity index (χ1v) is 7.32. The van der Waals surface area contributed by atoms with E-state index in [1.165, 1.54) is 11.3 Å². The van der Waals surface area contributed by atoms with Crippen LogP contribution in [0.15, 0.2) is 34.8 Å². The summed E-state index contributed by atoms with van der Waals surface area (Å²) in [6.45, 7) is 5.05. The third kappa shape index (κ3) is 3.67. The minimum absolute atomic E-state index is 0.435. The molecule has 1 atom stereocenters. The van der Waals surface area contributed by atoms with E-state index in [2.05, 4.69) is 63.6 Å². The van der Waals surface area contributed by atoms with Crippen LogP contribution in [0.5, 0.6) is 0 Å². The Hall–Kier alpha value is -1.13. The second-order valence-electron chi connectivity index (χ2n) is 4.94. The summed E-state index contributed by atoms with van der Waals surface area (Å²) in [4.78, 5) is 0. The second kappa shape index (κ2) is 6.35. The van der Waals surface area contributed by atoms with Gasteiger partial charge in [-0.25, -0.2) is 0 Å². The molecule has 0 spiro atoms. The summed E-state index contributed by atoms with van der Waals surface area (Å²) in [5.74, 6) is 0. The molecule has 1 aromatic carbocycles. The number of hydrogen-bond acceptors (Lipinski definition) is 2. The van der Waals surface area contributed by atoms with Crippen LogP contribution in [0, 0.1) is 6.92 Å². The summed E-state index contributed by atoms with van der Waals surface area (Å²) in [5, 5.41) is 7.95. The van der Waals surface area contributed by atoms with E-state index in [0.29, 0.717) is 6.04 Å². The first-order valence-electron chi connectivity index (χ1n) is 6.53. The van der Waals surface area contributed by atoms with Gasteiger partial charge in [0.05, 0.1) is 15.9 Å². The molecule has 1 heterocycles. The lowest BCUT2D eigenvalue weighted by Crippen LogP contribution is -2.28. The van der Waals surface area contributed by atoms with E-state index < -0.39 is 0 Å². The predicted octanol–water partition coefficient (Wildman–Crippen LogP) is 3.21. The van der Waals surface area contributed by atoms with Gasteiger partial charge in [0.1, 0.15) is 0 Å². The number of nitrogens with one attached hydrogen (secondary N) is 1. The Labute approximate surface area is 123 Å². The summed E-state index contributed by atoms with van der Waals surface area (Å²) in [7, 11) is 1.98. The normalized spacial score (nSPS) is 12.6. The van der Waals surface area contributed by atoms with Crippen LogP contribution >= 0.6 is 15.9 Å². The number of aryl methyl sites for hydroxylation is 2. The average molecular weight is 322 g/mol. The molecule has 4 heteroatoms. The monoisotopic (exact) mass is 321 g/mol. The highest BCUT2D eigenvalue weighted by molar-refractivity contribution is 9.10. The van der Waals surface area contributed by atoms with Gasteiger partial charge in [0.2, 0.25) is 0 Å². The maximum absolute atomic E-state index is 4.40. The van der Waals surface area contributed by atoms with E-state index in [1.807, 2.05) is 18.7 Å². The highest BCUT2D eigenvalue weighted by Gasteiger charge is 2.11. The minimum Gasteiger partial charge on any atom is -0.308 e. The fourth-order valence-electron chi connectivity index (χ4n) is 2.18. The molecule has 2 rings (SSSR count). The SMILES string of the molecule is Cc1nn(C)c(CNC(C)Cc2ccccc2)c1Br. The Kier molecular flexibility index (Phi) is 4.77. The Balaban J connectivity index is 1.92. The highest BCUT2D eigenvalue weighted by atomic mass is 79.9. The lowest BCUT2D eigenvalue weighted by Gasteiger charge is -2.14. The summed E-state index contributed by atoms with van der Waals surface area (Å²) in [6, 6.07) is 11.0. The fraction of sp³-hybridized carbons (Fsp3) is 0.400. The van der Waals surface area contributed by atoms with Crippen molar-refractivity contribution in [2.24, 2.45) is 7.05 Å². The van der Waals surface area contributed by atoms with Crippen LogP contribution in [0.3, 0.4) is 0 Å². The van der Waals surface area contributed by atoms with E-state index in [1.54, 1.807) is 0 Å². The van der Waals surface area contributed by atoms with Gasteiger partial charge >= 0.3 is 0 Å². The van der Waals surface area contributed by atoms with E-state index in [-0.39, 0.29) is 0 Å². The largest absolute Gasteiger partial charge is 0.308 e. The summed E-state index contributed by atoms with van der Waals surface area (Å²) in [5.41, 5.74) is 3.59. The number of hydrogen-bond donors (Lipinski definition) is 1. The zero-order chi connectivity index (χ0) is 13.8. The van der Waals surface area contributed by atoms with Crippen molar-refractivity contribution in [1.29, 1.82) is 0 Å². The quantitative estimate of drug-likeness (QED) is 0.916. The number of rotatable bonds is 5. The van der Waals surface area contributed by atoms with Gasteiger partial charge < -0.3 is 5.32 Å². The van der Waals surface area contributed by atoms with Crippen LogP contribution < -0.4 is 5.32 Å². The molecule has 1 unspecified atom stereocenters. The standard InChI is InChI=1S/C15H20BrN3/c1-11(9-13-7-5-4-6-8-13)17-10-14-15(16)12(2)18-19(14)3/h4-8,11,17H,9-10H2,1-3H3. The van der Waals surface area contributed by atoms with Gasteiger partial charge in [0.15, 0.2) is 0 Å². The molecule has 0 aliphatic carbocycles. The molecule has 102 valence electrons. The molecular weight excluding hydrogens is 302 g/mol. The lowest BCUT2D eigenvalue weighted by atomic mass is 10.1. The van der Waals surface area contributed by atoms with Crippen molar-refractivity contribution in [2.75, 3.05) is 0 Å². The maximum Gasteiger partial charge on any atom is 0.0739 e. The smallest absolute Gasteiger partial charge is 0.0739 e. The van der Waals surface area contributed by atoms with Crippen LogP contribution in [-0.2, 0) is 20.0 Å². The Morgan fingerprint density at radius 1 is 1.32 bits per heavy atom. The molecule has 0 saturated heterocycles. The molecule has 0 amide bonds. The van der Waals surface area contributed by atoms with Gasteiger partial charge in [-0.1, -0.05) is 30.3 Å². The third-order valence-electron chi connectivity index (χ3n) is 3.26. The molecule has 1 N–H and O–H groups in total. The molecule has 3 nitrogen and oxygen atoms in total. The van der Waals surface area contributed by atoms with Gasteiger partial charge in [0.25, 0.3) is 0 Å². The molecule has 0 saturated carbocycles. The van der Waals surface area contributed by atoms with Crippen molar-refractivity contribution in [2.45, 2.75) is 32.9 Å². The second-order valence-corrected chi connectivity index (χ2v) is 5.73. The highest BCUT2D eigenvalue weighted by Crippen LogP contribution is 2.20. The van der Waals surface area contributed by atoms with Crippen molar-refractivity contribution in [1.82, 2.24) is 15.1 Å². The molecule has 0 bridgehead atoms. The zero-order valence-electron chi connectivity index (χ0n) is 11.7. The molecule has 0 aliphatic heterocycles. The summed E-state index contributed by atoms with van der Waals surface area (Å²) < 4.78 is 3.04. The molecular formula is C15H20BrN3. The van der Waals surface area contributed by atoms with Crippen LogP contribution in [0.1, 0.15) is 23.9 Å². The number of halogens is 1. The summed E-state index contributed by atoms with van der Waals surface area (Å²) in [6.07, 6.45) is 1.04. The average Bonchev–Trinajstić information content (AvgIpc) is 2.62. The van der Waals surface area contributed by atoms with Crippen molar-refractivity contribution in [3.05, 3.63) is 51.8 Å². The summed E-state index contributed by atoms with van der Waals surface area (Å²) >= 11 is 3.59. The van der Waals surface area contributed by atoms with E-state index in [9.17, 15) is 0 Å². The van der Waals surface area contributed by atoms with Gasteiger partial charge in [-0.2, -0.15) is 5.10 Å². The minimum atomic E-state index is 0.435. The van der Waals surface area contributed by atoms with Gasteiger partial charge in [-0.05, 0) is 41.8 Å². The van der Waals surface area contributed by atoms with Crippen molar-refractivity contribution < 1.29 is 0 Å². The predicted molar refractivity (Wildman–Crippen MR) is 82.1 cm³/mol. The molecule has 1 aromatic heterocycles. The van der Waals surface area contributed by atoms with E-state index in [4.69, 9.17) is 0 Å². The topological polar surface area (TPSA) is 29.9 Å². The van der Waals surface area contributed by atoms with Crippen molar-refractivity contribution >= 4 is 15.9 Å². The third-order valence-corrected chi connectivity index (χ3v) is 4.30. The van der Waals surface area contributed by atoms with Crippen molar-refractivity contribution in [3.63, 3.8) is 0 Å². The van der Waals surface area contributed by atoms with Gasteiger partial charge in [-0.15, -0.1) is 0 Å². The number of benzene rings is 1.